The van der Waals surface area contributed by atoms with Crippen molar-refractivity contribution in [2.75, 3.05) is 20.2 Å². The van der Waals surface area contributed by atoms with Gasteiger partial charge in [0.2, 0.25) is 0 Å². The molecular weight excluding hydrogens is 224 g/mol. The van der Waals surface area contributed by atoms with E-state index in [0.717, 1.165) is 12.1 Å². The molecule has 0 bridgehead atoms. The molecule has 0 spiro atoms. The van der Waals surface area contributed by atoms with Gasteiger partial charge >= 0.3 is 0 Å². The van der Waals surface area contributed by atoms with Gasteiger partial charge in [-0.15, -0.1) is 0 Å². The minimum absolute atomic E-state index is 0.506. The van der Waals surface area contributed by atoms with Gasteiger partial charge in [-0.05, 0) is 32.1 Å². The Kier molecular flexibility index (Phi) is 5.46. The summed E-state index contributed by atoms with van der Waals surface area (Å²) in [6.07, 6.45) is 8.19. The highest BCUT2D eigenvalue weighted by Gasteiger charge is 2.35. The fourth-order valence-corrected chi connectivity index (χ4v) is 3.69. The van der Waals surface area contributed by atoms with E-state index in [1.54, 1.807) is 0 Å². The van der Waals surface area contributed by atoms with Gasteiger partial charge in [0.15, 0.2) is 0 Å². The first kappa shape index (κ1) is 14.3. The van der Waals surface area contributed by atoms with Crippen LogP contribution >= 0.6 is 0 Å². The van der Waals surface area contributed by atoms with E-state index >= 15 is 0 Å². The minimum atomic E-state index is 0.506. The van der Waals surface area contributed by atoms with Crippen LogP contribution in [0.25, 0.3) is 0 Å². The van der Waals surface area contributed by atoms with Gasteiger partial charge in [0.25, 0.3) is 0 Å². The molecule has 3 heteroatoms. The van der Waals surface area contributed by atoms with Crippen molar-refractivity contribution in [2.24, 2.45) is 0 Å². The molecule has 2 aliphatic rings. The quantitative estimate of drug-likeness (QED) is 0.815. The zero-order chi connectivity index (χ0) is 13.0. The number of rotatable bonds is 5. The average Bonchev–Trinajstić information content (AvgIpc) is 2.87. The maximum atomic E-state index is 5.53. The Morgan fingerprint density at radius 1 is 1.28 bits per heavy atom. The van der Waals surface area contributed by atoms with E-state index in [4.69, 9.17) is 4.74 Å². The van der Waals surface area contributed by atoms with Crippen molar-refractivity contribution in [3.8, 4) is 0 Å². The first-order valence-corrected chi connectivity index (χ1v) is 7.80. The van der Waals surface area contributed by atoms with Crippen molar-refractivity contribution in [1.82, 2.24) is 10.2 Å². The fourth-order valence-electron chi connectivity index (χ4n) is 3.69. The smallest absolute Gasteiger partial charge is 0.0586 e. The van der Waals surface area contributed by atoms with Gasteiger partial charge in [0, 0.05) is 38.3 Å². The molecule has 0 aromatic carbocycles. The summed E-state index contributed by atoms with van der Waals surface area (Å²) in [6, 6.07) is 2.21. The zero-order valence-electron chi connectivity index (χ0n) is 12.3. The van der Waals surface area contributed by atoms with Crippen LogP contribution in [-0.2, 0) is 4.74 Å². The van der Waals surface area contributed by atoms with Crippen LogP contribution in [0.2, 0.25) is 0 Å². The third kappa shape index (κ3) is 3.25. The predicted octanol–water partition coefficient (Wildman–Crippen LogP) is 2.41. The third-order valence-electron chi connectivity index (χ3n) is 4.81. The lowest BCUT2D eigenvalue weighted by Crippen LogP contribution is -2.58. The number of piperazine rings is 1. The Morgan fingerprint density at radius 2 is 2.11 bits per heavy atom. The van der Waals surface area contributed by atoms with Gasteiger partial charge in [-0.2, -0.15) is 0 Å². The summed E-state index contributed by atoms with van der Waals surface area (Å²) >= 11 is 0. The molecule has 0 amide bonds. The highest BCUT2D eigenvalue weighted by molar-refractivity contribution is 4.93. The molecule has 0 radical (unpaired) electrons. The molecular formula is C15H30N2O. The average molecular weight is 254 g/mol. The predicted molar refractivity (Wildman–Crippen MR) is 75.9 cm³/mol. The monoisotopic (exact) mass is 254 g/mol. The number of nitrogens with zero attached hydrogens (tertiary/aromatic N) is 1. The number of ether oxygens (including phenoxy) is 1. The molecule has 2 rings (SSSR count). The molecule has 1 saturated heterocycles. The first-order valence-electron chi connectivity index (χ1n) is 7.80. The lowest BCUT2D eigenvalue weighted by molar-refractivity contribution is 0.0597. The van der Waals surface area contributed by atoms with Crippen LogP contribution < -0.4 is 5.32 Å². The van der Waals surface area contributed by atoms with Gasteiger partial charge in [-0.3, -0.25) is 4.90 Å². The highest BCUT2D eigenvalue weighted by atomic mass is 16.5. The molecule has 3 nitrogen and oxygen atoms in total. The van der Waals surface area contributed by atoms with Gasteiger partial charge < -0.3 is 10.1 Å². The van der Waals surface area contributed by atoms with Crippen molar-refractivity contribution in [3.63, 3.8) is 0 Å². The molecule has 2 fully saturated rings. The van der Waals surface area contributed by atoms with Gasteiger partial charge in [0.05, 0.1) is 6.10 Å². The van der Waals surface area contributed by atoms with E-state index in [2.05, 4.69) is 24.1 Å². The van der Waals surface area contributed by atoms with Crippen LogP contribution in [0.5, 0.6) is 0 Å². The topological polar surface area (TPSA) is 24.5 Å². The second-order valence-electron chi connectivity index (χ2n) is 5.98. The first-order chi connectivity index (χ1) is 8.78. The molecule has 18 heavy (non-hydrogen) atoms. The van der Waals surface area contributed by atoms with Crippen molar-refractivity contribution in [1.29, 1.82) is 0 Å². The Hall–Kier alpha value is -0.120. The van der Waals surface area contributed by atoms with Gasteiger partial charge in [-0.1, -0.05) is 20.3 Å². The minimum Gasteiger partial charge on any atom is -0.381 e. The van der Waals surface area contributed by atoms with Crippen LogP contribution in [0.3, 0.4) is 0 Å². The number of hydrogen-bond donors (Lipinski definition) is 1. The normalized spacial score (nSPS) is 38.2. The van der Waals surface area contributed by atoms with Crippen LogP contribution in [-0.4, -0.2) is 49.3 Å². The van der Waals surface area contributed by atoms with Gasteiger partial charge in [-0.25, -0.2) is 0 Å². The molecule has 1 heterocycles. The van der Waals surface area contributed by atoms with E-state index < -0.39 is 0 Å². The van der Waals surface area contributed by atoms with Crippen molar-refractivity contribution < 1.29 is 4.74 Å². The standard InChI is InChI=1S/C15H30N2O/c1-4-6-12-11-17(13(5-2)10-16-12)14-7-8-15(9-14)18-3/h12-16H,4-11H2,1-3H3. The molecule has 4 atom stereocenters. The summed E-state index contributed by atoms with van der Waals surface area (Å²) in [5.74, 6) is 0. The number of nitrogens with one attached hydrogen (secondary N) is 1. The second kappa shape index (κ2) is 6.88. The molecule has 1 N–H and O–H groups in total. The fraction of sp³-hybridized carbons (Fsp3) is 1.00. The maximum Gasteiger partial charge on any atom is 0.0586 e. The maximum absolute atomic E-state index is 5.53. The molecule has 0 aromatic heterocycles. The molecule has 106 valence electrons. The van der Waals surface area contributed by atoms with E-state index in [-0.39, 0.29) is 0 Å². The summed E-state index contributed by atoms with van der Waals surface area (Å²) in [7, 11) is 1.86. The van der Waals surface area contributed by atoms with Crippen molar-refractivity contribution >= 4 is 0 Å². The largest absolute Gasteiger partial charge is 0.381 e. The van der Waals surface area contributed by atoms with Crippen LogP contribution in [0.15, 0.2) is 0 Å². The SMILES string of the molecule is CCCC1CN(C2CCC(OC)C2)C(CC)CN1. The van der Waals surface area contributed by atoms with E-state index in [1.165, 1.54) is 51.6 Å². The summed E-state index contributed by atoms with van der Waals surface area (Å²) < 4.78 is 5.53. The number of hydrogen-bond acceptors (Lipinski definition) is 3. The lowest BCUT2D eigenvalue weighted by atomic mass is 10.0. The summed E-state index contributed by atoms with van der Waals surface area (Å²) in [4.78, 5) is 2.79. The second-order valence-corrected chi connectivity index (χ2v) is 5.98. The van der Waals surface area contributed by atoms with Crippen LogP contribution in [0.4, 0.5) is 0 Å². The van der Waals surface area contributed by atoms with E-state index in [9.17, 15) is 0 Å². The summed E-state index contributed by atoms with van der Waals surface area (Å²) in [6.45, 7) is 7.03. The highest BCUT2D eigenvalue weighted by Crippen LogP contribution is 2.29. The molecule has 1 aliphatic carbocycles. The molecule has 0 aromatic rings. The Bertz CT molecular complexity index is 247. The Morgan fingerprint density at radius 3 is 2.72 bits per heavy atom. The number of methoxy groups -OCH3 is 1. The summed E-state index contributed by atoms with van der Waals surface area (Å²) in [5.41, 5.74) is 0. The molecule has 1 saturated carbocycles. The Balaban J connectivity index is 1.93. The van der Waals surface area contributed by atoms with Crippen LogP contribution in [0, 0.1) is 0 Å². The third-order valence-corrected chi connectivity index (χ3v) is 4.81. The molecule has 4 unspecified atom stereocenters. The lowest BCUT2D eigenvalue weighted by Gasteiger charge is -2.43. The zero-order valence-corrected chi connectivity index (χ0v) is 12.3. The van der Waals surface area contributed by atoms with E-state index in [0.29, 0.717) is 12.1 Å². The van der Waals surface area contributed by atoms with E-state index in [1.807, 2.05) is 7.11 Å². The van der Waals surface area contributed by atoms with Crippen molar-refractivity contribution in [3.05, 3.63) is 0 Å². The summed E-state index contributed by atoms with van der Waals surface area (Å²) in [5, 5.41) is 3.73. The molecule has 1 aliphatic heterocycles. The van der Waals surface area contributed by atoms with Gasteiger partial charge in [0.1, 0.15) is 0 Å². The van der Waals surface area contributed by atoms with Crippen molar-refractivity contribution in [2.45, 2.75) is 76.6 Å². The Labute approximate surface area is 112 Å². The van der Waals surface area contributed by atoms with Crippen LogP contribution in [0.1, 0.15) is 52.4 Å².